The Morgan fingerprint density at radius 2 is 1.69 bits per heavy atom. The maximum atomic E-state index is 13.0. The second-order valence-electron chi connectivity index (χ2n) is 9.01. The number of piperidine rings is 1. The average Bonchev–Trinajstić information content (AvgIpc) is 2.87. The third-order valence-electron chi connectivity index (χ3n) is 6.57. The van der Waals surface area contributed by atoms with Crippen LogP contribution in [-0.4, -0.2) is 39.5 Å². The molecular weight excluding hydrogens is 460 g/mol. The van der Waals surface area contributed by atoms with E-state index in [1.807, 2.05) is 37.3 Å². The fraction of sp³-hybridized carbons (Fsp3) is 0.250. The number of nitrogens with one attached hydrogen (secondary N) is 1. The van der Waals surface area contributed by atoms with E-state index in [0.29, 0.717) is 28.0 Å². The maximum Gasteiger partial charge on any atom is 0.265 e. The SMILES string of the molecule is Cc1nc2ccccc2c(=O)n1-c1ccc(C(=O)NC2CCN(Cc3ccc(Cl)cc3)CC2)cc1. The van der Waals surface area contributed by atoms with Gasteiger partial charge >= 0.3 is 0 Å². The van der Waals surface area contributed by atoms with E-state index in [4.69, 9.17) is 11.6 Å². The van der Waals surface area contributed by atoms with Gasteiger partial charge in [0.1, 0.15) is 5.82 Å². The van der Waals surface area contributed by atoms with Crippen molar-refractivity contribution in [3.8, 4) is 5.69 Å². The van der Waals surface area contributed by atoms with Gasteiger partial charge in [0.25, 0.3) is 11.5 Å². The van der Waals surface area contributed by atoms with E-state index >= 15 is 0 Å². The summed E-state index contributed by atoms with van der Waals surface area (Å²) < 4.78 is 1.58. The summed E-state index contributed by atoms with van der Waals surface area (Å²) in [4.78, 5) is 32.8. The first-order valence-electron chi connectivity index (χ1n) is 11.8. The molecule has 7 heteroatoms. The van der Waals surface area contributed by atoms with Crippen LogP contribution in [0.1, 0.15) is 34.6 Å². The Labute approximate surface area is 209 Å². The van der Waals surface area contributed by atoms with E-state index in [1.54, 1.807) is 34.9 Å². The highest BCUT2D eigenvalue weighted by atomic mass is 35.5. The molecule has 1 saturated heterocycles. The van der Waals surface area contributed by atoms with E-state index in [-0.39, 0.29) is 17.5 Å². The zero-order chi connectivity index (χ0) is 24.4. The van der Waals surface area contributed by atoms with Crippen LogP contribution in [-0.2, 0) is 6.54 Å². The van der Waals surface area contributed by atoms with Crippen molar-refractivity contribution in [3.63, 3.8) is 0 Å². The lowest BCUT2D eigenvalue weighted by Crippen LogP contribution is -2.44. The molecule has 1 N–H and O–H groups in total. The van der Waals surface area contributed by atoms with E-state index in [0.717, 1.165) is 37.5 Å². The maximum absolute atomic E-state index is 13.0. The number of hydrogen-bond acceptors (Lipinski definition) is 4. The molecular formula is C28H27ClN4O2. The largest absolute Gasteiger partial charge is 0.349 e. The number of rotatable bonds is 5. The number of benzene rings is 3. The molecule has 4 aromatic rings. The zero-order valence-corrected chi connectivity index (χ0v) is 20.3. The van der Waals surface area contributed by atoms with Gasteiger partial charge in [0.2, 0.25) is 0 Å². The summed E-state index contributed by atoms with van der Waals surface area (Å²) >= 11 is 5.98. The Morgan fingerprint density at radius 1 is 1.00 bits per heavy atom. The van der Waals surface area contributed by atoms with Crippen molar-refractivity contribution in [1.82, 2.24) is 19.8 Å². The van der Waals surface area contributed by atoms with Crippen LogP contribution < -0.4 is 10.9 Å². The van der Waals surface area contributed by atoms with Crippen LogP contribution in [0.5, 0.6) is 0 Å². The first kappa shape index (κ1) is 23.3. The number of fused-ring (bicyclic) bond motifs is 1. The average molecular weight is 487 g/mol. The van der Waals surface area contributed by atoms with Crippen LogP contribution in [0.4, 0.5) is 0 Å². The standard InChI is InChI=1S/C28H27ClN4O2/c1-19-30-26-5-3-2-4-25(26)28(35)33(19)24-12-8-21(9-13-24)27(34)31-23-14-16-32(17-15-23)18-20-6-10-22(29)11-7-20/h2-13,23H,14-18H2,1H3,(H,31,34). The molecule has 6 nitrogen and oxygen atoms in total. The van der Waals surface area contributed by atoms with Crippen LogP contribution in [0, 0.1) is 6.92 Å². The lowest BCUT2D eigenvalue weighted by atomic mass is 10.0. The van der Waals surface area contributed by atoms with Gasteiger partial charge in [-0.05, 0) is 73.9 Å². The second-order valence-corrected chi connectivity index (χ2v) is 9.45. The van der Waals surface area contributed by atoms with Crippen molar-refractivity contribution < 1.29 is 4.79 Å². The summed E-state index contributed by atoms with van der Waals surface area (Å²) in [5, 5.41) is 4.49. The van der Waals surface area contributed by atoms with Gasteiger partial charge in [-0.2, -0.15) is 0 Å². The Hall–Kier alpha value is -3.48. The van der Waals surface area contributed by atoms with Crippen molar-refractivity contribution in [2.45, 2.75) is 32.4 Å². The second kappa shape index (κ2) is 10.0. The van der Waals surface area contributed by atoms with Crippen LogP contribution in [0.3, 0.4) is 0 Å². The predicted octanol–water partition coefficient (Wildman–Crippen LogP) is 4.74. The molecule has 3 aromatic carbocycles. The molecule has 5 rings (SSSR count). The molecule has 35 heavy (non-hydrogen) atoms. The van der Waals surface area contributed by atoms with Crippen molar-refractivity contribution in [2.75, 3.05) is 13.1 Å². The first-order chi connectivity index (χ1) is 17.0. The van der Waals surface area contributed by atoms with Gasteiger partial charge in [-0.3, -0.25) is 19.1 Å². The Balaban J connectivity index is 1.21. The van der Waals surface area contributed by atoms with Gasteiger partial charge in [0.15, 0.2) is 0 Å². The summed E-state index contributed by atoms with van der Waals surface area (Å²) in [5.74, 6) is 0.518. The molecule has 0 atom stereocenters. The van der Waals surface area contributed by atoms with E-state index in [2.05, 4.69) is 27.3 Å². The van der Waals surface area contributed by atoms with Gasteiger partial charge in [-0.1, -0.05) is 35.9 Å². The molecule has 0 unspecified atom stereocenters. The number of halogens is 1. The normalized spacial score (nSPS) is 14.8. The molecule has 1 aliphatic rings. The fourth-order valence-electron chi connectivity index (χ4n) is 4.66. The van der Waals surface area contributed by atoms with Crippen LogP contribution >= 0.6 is 11.6 Å². The smallest absolute Gasteiger partial charge is 0.265 e. The van der Waals surface area contributed by atoms with Crippen LogP contribution in [0.25, 0.3) is 16.6 Å². The Bertz CT molecular complexity index is 1410. The number of carbonyl (C=O) groups is 1. The van der Waals surface area contributed by atoms with Gasteiger partial charge in [-0.25, -0.2) is 4.98 Å². The molecule has 0 saturated carbocycles. The highest BCUT2D eigenvalue weighted by Gasteiger charge is 2.21. The molecule has 178 valence electrons. The monoisotopic (exact) mass is 486 g/mol. The van der Waals surface area contributed by atoms with Gasteiger partial charge in [-0.15, -0.1) is 0 Å². The lowest BCUT2D eigenvalue weighted by molar-refractivity contribution is 0.0909. The quantitative estimate of drug-likeness (QED) is 0.442. The molecule has 2 heterocycles. The minimum absolute atomic E-state index is 0.0894. The number of carbonyl (C=O) groups excluding carboxylic acids is 1. The topological polar surface area (TPSA) is 67.2 Å². The van der Waals surface area contributed by atoms with Gasteiger partial charge in [0, 0.05) is 36.3 Å². The number of likely N-dealkylation sites (tertiary alicyclic amines) is 1. The van der Waals surface area contributed by atoms with Crippen LogP contribution in [0.2, 0.25) is 5.02 Å². The summed E-state index contributed by atoms with van der Waals surface area (Å²) in [6.07, 6.45) is 1.82. The zero-order valence-electron chi connectivity index (χ0n) is 19.6. The predicted molar refractivity (Wildman–Crippen MR) is 139 cm³/mol. The van der Waals surface area contributed by atoms with Crippen molar-refractivity contribution >= 4 is 28.4 Å². The number of aromatic nitrogens is 2. The highest BCUT2D eigenvalue weighted by Crippen LogP contribution is 2.17. The molecule has 0 bridgehead atoms. The summed E-state index contributed by atoms with van der Waals surface area (Å²) in [6, 6.07) is 22.6. The number of aryl methyl sites for hydroxylation is 1. The number of para-hydroxylation sites is 1. The first-order valence-corrected chi connectivity index (χ1v) is 12.2. The fourth-order valence-corrected chi connectivity index (χ4v) is 4.79. The van der Waals surface area contributed by atoms with Crippen molar-refractivity contribution in [1.29, 1.82) is 0 Å². The Kier molecular flexibility index (Phi) is 6.66. The molecule has 1 fully saturated rings. The molecule has 1 aliphatic heterocycles. The number of amides is 1. The highest BCUT2D eigenvalue weighted by molar-refractivity contribution is 6.30. The molecule has 0 aliphatic carbocycles. The van der Waals surface area contributed by atoms with Gasteiger partial charge in [0.05, 0.1) is 16.6 Å². The molecule has 1 aromatic heterocycles. The minimum atomic E-state index is -0.115. The van der Waals surface area contributed by atoms with E-state index < -0.39 is 0 Å². The number of nitrogens with zero attached hydrogens (tertiary/aromatic N) is 3. The third-order valence-corrected chi connectivity index (χ3v) is 6.83. The minimum Gasteiger partial charge on any atom is -0.349 e. The van der Waals surface area contributed by atoms with Crippen molar-refractivity contribution in [3.05, 3.63) is 105 Å². The van der Waals surface area contributed by atoms with E-state index in [1.165, 1.54) is 5.56 Å². The van der Waals surface area contributed by atoms with Crippen molar-refractivity contribution in [2.24, 2.45) is 0 Å². The number of hydrogen-bond donors (Lipinski definition) is 1. The van der Waals surface area contributed by atoms with Crippen LogP contribution in [0.15, 0.2) is 77.6 Å². The van der Waals surface area contributed by atoms with E-state index in [9.17, 15) is 9.59 Å². The molecule has 1 amide bonds. The summed E-state index contributed by atoms with van der Waals surface area (Å²) in [7, 11) is 0. The summed E-state index contributed by atoms with van der Waals surface area (Å²) in [6.45, 7) is 4.57. The summed E-state index contributed by atoms with van der Waals surface area (Å²) in [5.41, 5.74) is 3.08. The lowest BCUT2D eigenvalue weighted by Gasteiger charge is -2.32. The third kappa shape index (κ3) is 5.14. The Morgan fingerprint density at radius 3 is 2.40 bits per heavy atom. The molecule has 0 radical (unpaired) electrons. The molecule has 0 spiro atoms. The van der Waals surface area contributed by atoms with Gasteiger partial charge < -0.3 is 5.32 Å².